The third-order valence-corrected chi connectivity index (χ3v) is 9.59. The lowest BCUT2D eigenvalue weighted by atomic mass is 10.1. The van der Waals surface area contributed by atoms with E-state index in [1.165, 1.54) is 28.9 Å². The van der Waals surface area contributed by atoms with Gasteiger partial charge >= 0.3 is 7.82 Å². The number of H-pyrrole nitrogens is 1. The molecule has 7 rings (SSSR count). The number of nitrogens with two attached hydrogens (primary N) is 2. The molecule has 0 amide bonds. The fourth-order valence-corrected chi connectivity index (χ4v) is 7.49. The summed E-state index contributed by atoms with van der Waals surface area (Å²) in [5.41, 5.74) is 11.0. The van der Waals surface area contributed by atoms with E-state index in [4.69, 9.17) is 51.3 Å². The van der Waals surface area contributed by atoms with E-state index in [1.807, 2.05) is 0 Å². The molecule has 2 radical (unpaired) electrons. The van der Waals surface area contributed by atoms with Gasteiger partial charge in [0.25, 0.3) is 13.0 Å². The number of phosphoric acid groups is 1. The lowest BCUT2D eigenvalue weighted by molar-refractivity contribution is -0.0631. The number of hydrogen-bond donors (Lipinski definition) is 4. The van der Waals surface area contributed by atoms with E-state index in [9.17, 15) is 18.8 Å². The molecule has 46 heavy (non-hydrogen) atoms. The van der Waals surface area contributed by atoms with E-state index >= 15 is 4.39 Å². The van der Waals surface area contributed by atoms with Crippen molar-refractivity contribution in [1.82, 2.24) is 39.0 Å². The number of nitrogens with one attached hydrogen (secondary N) is 1. The maximum Gasteiger partial charge on any atom is 0.472 e. The average molecular weight is 684 g/mol. The SMILES string of the molecule is [B][P@@]1(=O)OCC2OC(n3cnc4c(N)ncnc43)C(F)C2OP(=O)(O)OCC2OC(n3cnc4c(=O)[nH]c(N)nc43)C(O1)C2OC. The number of rotatable bonds is 3. The van der Waals surface area contributed by atoms with Crippen molar-refractivity contribution in [3.63, 3.8) is 0 Å². The van der Waals surface area contributed by atoms with Crippen molar-refractivity contribution >= 4 is 57.0 Å². The van der Waals surface area contributed by atoms with E-state index in [1.54, 1.807) is 0 Å². The number of imidazole rings is 2. The van der Waals surface area contributed by atoms with Gasteiger partial charge in [-0.2, -0.15) is 4.98 Å². The lowest BCUT2D eigenvalue weighted by Crippen LogP contribution is -2.37. The first kappa shape index (κ1) is 31.2. The van der Waals surface area contributed by atoms with Crippen LogP contribution in [0.2, 0.25) is 0 Å². The van der Waals surface area contributed by atoms with Crippen LogP contribution >= 0.6 is 15.3 Å². The second-order valence-corrected chi connectivity index (χ2v) is 13.3. The Bertz CT molecular complexity index is 1960. The number of methoxy groups -OCH3 is 1. The minimum atomic E-state index is -5.07. The normalized spacial score (nSPS) is 37.1. The Labute approximate surface area is 257 Å². The van der Waals surface area contributed by atoms with Crippen LogP contribution in [-0.2, 0) is 41.4 Å². The molecule has 2 bridgehead atoms. The van der Waals surface area contributed by atoms with Gasteiger partial charge in [0.1, 0.15) is 42.4 Å². The first-order valence-electron chi connectivity index (χ1n) is 13.4. The highest BCUT2D eigenvalue weighted by Crippen LogP contribution is 2.54. The van der Waals surface area contributed by atoms with Gasteiger partial charge in [-0.1, -0.05) is 0 Å². The number of alkyl halides is 1. The van der Waals surface area contributed by atoms with E-state index in [0.29, 0.717) is 0 Å². The zero-order valence-electron chi connectivity index (χ0n) is 23.4. The van der Waals surface area contributed by atoms with Crippen LogP contribution in [0.4, 0.5) is 16.2 Å². The van der Waals surface area contributed by atoms with Gasteiger partial charge in [0.15, 0.2) is 41.3 Å². The van der Waals surface area contributed by atoms with Gasteiger partial charge in [0.2, 0.25) is 13.5 Å². The van der Waals surface area contributed by atoms with Crippen molar-refractivity contribution in [1.29, 1.82) is 0 Å². The van der Waals surface area contributed by atoms with Gasteiger partial charge in [-0.15, -0.1) is 0 Å². The van der Waals surface area contributed by atoms with Crippen molar-refractivity contribution in [3.05, 3.63) is 29.3 Å². The Hall–Kier alpha value is -3.37. The van der Waals surface area contributed by atoms with Crippen LogP contribution in [-0.4, -0.2) is 109 Å². The second-order valence-electron chi connectivity index (χ2n) is 10.4. The molecular weight excluding hydrogens is 660 g/mol. The smallest absolute Gasteiger partial charge is 0.382 e. The molecule has 25 heteroatoms. The Morgan fingerprint density at radius 1 is 1.00 bits per heavy atom. The van der Waals surface area contributed by atoms with E-state index in [-0.39, 0.29) is 34.1 Å². The third kappa shape index (κ3) is 5.41. The van der Waals surface area contributed by atoms with Crippen LogP contribution in [0, 0.1) is 0 Å². The van der Waals surface area contributed by atoms with Crippen molar-refractivity contribution < 1.29 is 50.7 Å². The molecule has 0 spiro atoms. The molecule has 244 valence electrons. The predicted molar refractivity (Wildman–Crippen MR) is 151 cm³/mol. The molecule has 3 aliphatic rings. The standard InChI is InChI=1S/C21H24BFN10O11P2/c1-38-13-8-3-40-46(36,37)44-12-7(41-19(9(12)23)32-5-28-10-15(24)26-4-27-16(10)32)2-39-45(22,35)43-14(13)20(42-8)33-6-29-11-17(33)30-21(25)31-18(11)34/h4-9,12-14,19-20H,2-3H2,1H3,(H,36,37)(H2,24,26,27)(H3,25,30,31,34)/t7?,8?,9?,12?,13?,14?,19?,20?,45-/m1/s1. The third-order valence-electron chi connectivity index (χ3n) is 7.55. The summed E-state index contributed by atoms with van der Waals surface area (Å²) in [6, 6.07) is 0. The predicted octanol–water partition coefficient (Wildman–Crippen LogP) is -0.534. The van der Waals surface area contributed by atoms with Gasteiger partial charge in [0, 0.05) is 7.11 Å². The van der Waals surface area contributed by atoms with Crippen LogP contribution in [0.3, 0.4) is 0 Å². The minimum Gasteiger partial charge on any atom is -0.382 e. The molecule has 0 aliphatic carbocycles. The molecule has 3 aliphatic heterocycles. The summed E-state index contributed by atoms with van der Waals surface area (Å²) in [4.78, 5) is 45.5. The van der Waals surface area contributed by atoms with Crippen LogP contribution in [0.15, 0.2) is 23.8 Å². The second kappa shape index (κ2) is 11.4. The zero-order chi connectivity index (χ0) is 32.5. The average Bonchev–Trinajstić information content (AvgIpc) is 3.75. The lowest BCUT2D eigenvalue weighted by Gasteiger charge is -2.28. The maximum atomic E-state index is 16.0. The number of anilines is 2. The van der Waals surface area contributed by atoms with Gasteiger partial charge in [-0.3, -0.25) is 32.5 Å². The highest BCUT2D eigenvalue weighted by atomic mass is 31.2. The number of halogens is 1. The number of nitrogens with zero attached hydrogens (tertiary/aromatic N) is 7. The summed E-state index contributed by atoms with van der Waals surface area (Å²) in [7, 11) is -2.42. The van der Waals surface area contributed by atoms with Crippen LogP contribution in [0.5, 0.6) is 0 Å². The van der Waals surface area contributed by atoms with Crippen LogP contribution < -0.4 is 17.0 Å². The summed E-state index contributed by atoms with van der Waals surface area (Å²) >= 11 is 0. The fourth-order valence-electron chi connectivity index (χ4n) is 5.56. The Kier molecular flexibility index (Phi) is 7.75. The molecule has 10 atom stereocenters. The Balaban J connectivity index is 1.22. The molecule has 0 aromatic carbocycles. The summed E-state index contributed by atoms with van der Waals surface area (Å²) in [5, 5.41) is 0. The number of phosphoric ester groups is 1. The highest BCUT2D eigenvalue weighted by Gasteiger charge is 2.54. The summed E-state index contributed by atoms with van der Waals surface area (Å²) in [6.45, 7) is -1.43. The first-order valence-corrected chi connectivity index (χ1v) is 16.5. The zero-order valence-corrected chi connectivity index (χ0v) is 25.2. The molecule has 7 heterocycles. The first-order chi connectivity index (χ1) is 21.9. The quantitative estimate of drug-likeness (QED) is 0.156. The van der Waals surface area contributed by atoms with Gasteiger partial charge in [-0.05, 0) is 0 Å². The van der Waals surface area contributed by atoms with Crippen LogP contribution in [0.25, 0.3) is 22.3 Å². The number of aromatic nitrogens is 8. The minimum absolute atomic E-state index is 0.0213. The maximum absolute atomic E-state index is 16.0. The molecule has 3 saturated heterocycles. The summed E-state index contributed by atoms with van der Waals surface area (Å²) in [5.74, 6) is -0.213. The number of hydrogen-bond acceptors (Lipinski definition) is 17. The highest BCUT2D eigenvalue weighted by molar-refractivity contribution is 7.79. The molecule has 6 N–H and O–H groups in total. The monoisotopic (exact) mass is 684 g/mol. The van der Waals surface area contributed by atoms with E-state index < -0.39 is 83.2 Å². The topological polar surface area (TPSA) is 278 Å². The van der Waals surface area contributed by atoms with Crippen molar-refractivity contribution in [2.45, 2.75) is 49.1 Å². The Morgan fingerprint density at radius 2 is 1.70 bits per heavy atom. The Morgan fingerprint density at radius 3 is 2.46 bits per heavy atom. The van der Waals surface area contributed by atoms with E-state index in [2.05, 4.69) is 29.9 Å². The largest absolute Gasteiger partial charge is 0.472 e. The molecule has 9 unspecified atom stereocenters. The van der Waals surface area contributed by atoms with E-state index in [0.717, 1.165) is 6.33 Å². The molecular formula is C21H24BFN10O11P2. The van der Waals surface area contributed by atoms with Crippen molar-refractivity contribution in [2.75, 3.05) is 31.8 Å². The molecule has 21 nitrogen and oxygen atoms in total. The molecule has 4 aromatic rings. The summed E-state index contributed by atoms with van der Waals surface area (Å²) in [6.07, 6.45) is -8.52. The molecule has 0 saturated carbocycles. The van der Waals surface area contributed by atoms with Gasteiger partial charge < -0.3 is 39.6 Å². The van der Waals surface area contributed by atoms with Gasteiger partial charge in [-0.25, -0.2) is 28.9 Å². The number of ether oxygens (including phenoxy) is 3. The molecule has 3 fully saturated rings. The summed E-state index contributed by atoms with van der Waals surface area (Å²) < 4.78 is 84.1. The fraction of sp³-hybridized carbons (Fsp3) is 0.524. The van der Waals surface area contributed by atoms with Crippen LogP contribution in [0.1, 0.15) is 12.5 Å². The van der Waals surface area contributed by atoms with Crippen molar-refractivity contribution in [3.8, 4) is 0 Å². The molecule has 4 aromatic heterocycles. The van der Waals surface area contributed by atoms with Crippen molar-refractivity contribution in [2.24, 2.45) is 0 Å². The number of aromatic amines is 1. The number of nitrogen functional groups attached to an aromatic ring is 2. The van der Waals surface area contributed by atoms with Gasteiger partial charge in [0.05, 0.1) is 25.9 Å². The number of fused-ring (bicyclic) bond motifs is 5.